The van der Waals surface area contributed by atoms with Gasteiger partial charge in [0.15, 0.2) is 6.61 Å². The lowest BCUT2D eigenvalue weighted by Gasteiger charge is -2.18. The maximum atomic E-state index is 12.1. The van der Waals surface area contributed by atoms with Gasteiger partial charge < -0.3 is 20.3 Å². The molecule has 0 aliphatic heterocycles. The normalized spacial score (nSPS) is 10.7. The van der Waals surface area contributed by atoms with Crippen LogP contribution >= 0.6 is 0 Å². The summed E-state index contributed by atoms with van der Waals surface area (Å²) in [5, 5.41) is 6.39. The summed E-state index contributed by atoms with van der Waals surface area (Å²) < 4.78 is 9.73. The van der Waals surface area contributed by atoms with Crippen LogP contribution in [0.25, 0.3) is 0 Å². The van der Waals surface area contributed by atoms with Crippen molar-refractivity contribution in [2.45, 2.75) is 19.3 Å². The number of nitrogens with zero attached hydrogens (tertiary/aromatic N) is 1. The van der Waals surface area contributed by atoms with E-state index >= 15 is 0 Å². The number of aromatic nitrogens is 1. The van der Waals surface area contributed by atoms with E-state index in [4.69, 9.17) is 15.0 Å². The standard InChI is InChI=1S/C22H23N3O4/c1-15-20(21(23)29-25-15)22(27)28-14-19(26)24-13-12-18(16-8-4-2-5-9-16)17-10-6-3-7-11-17/h2-11,18H,12-14,23H2,1H3,(H,24,26). The first-order valence-electron chi connectivity index (χ1n) is 9.31. The Labute approximate surface area is 168 Å². The molecular weight excluding hydrogens is 370 g/mol. The van der Waals surface area contributed by atoms with Gasteiger partial charge in [-0.25, -0.2) is 4.79 Å². The largest absolute Gasteiger partial charge is 0.452 e. The number of hydrogen-bond donors (Lipinski definition) is 2. The molecule has 0 atom stereocenters. The molecule has 0 fully saturated rings. The molecule has 0 aliphatic carbocycles. The second-order valence-electron chi connectivity index (χ2n) is 6.60. The van der Waals surface area contributed by atoms with E-state index in [1.807, 2.05) is 36.4 Å². The first kappa shape index (κ1) is 20.1. The Morgan fingerprint density at radius 2 is 1.66 bits per heavy atom. The van der Waals surface area contributed by atoms with E-state index in [0.29, 0.717) is 18.7 Å². The lowest BCUT2D eigenvalue weighted by Crippen LogP contribution is -2.30. The predicted molar refractivity (Wildman–Crippen MR) is 108 cm³/mol. The highest BCUT2D eigenvalue weighted by Crippen LogP contribution is 2.27. The number of ether oxygens (including phenoxy) is 1. The van der Waals surface area contributed by atoms with E-state index in [9.17, 15) is 9.59 Å². The lowest BCUT2D eigenvalue weighted by molar-refractivity contribution is -0.124. The van der Waals surface area contributed by atoms with Gasteiger partial charge in [-0.1, -0.05) is 65.8 Å². The summed E-state index contributed by atoms with van der Waals surface area (Å²) in [7, 11) is 0. The van der Waals surface area contributed by atoms with Gasteiger partial charge in [0.05, 0.1) is 5.69 Å². The number of benzene rings is 2. The number of esters is 1. The molecular formula is C22H23N3O4. The summed E-state index contributed by atoms with van der Waals surface area (Å²) in [6.07, 6.45) is 0.714. The SMILES string of the molecule is Cc1noc(N)c1C(=O)OCC(=O)NCCC(c1ccccc1)c1ccccc1. The van der Waals surface area contributed by atoms with Gasteiger partial charge in [-0.05, 0) is 24.5 Å². The molecule has 1 aromatic heterocycles. The highest BCUT2D eigenvalue weighted by molar-refractivity contribution is 5.96. The number of aryl methyl sites for hydroxylation is 1. The minimum atomic E-state index is -0.733. The molecule has 0 aliphatic rings. The molecule has 29 heavy (non-hydrogen) atoms. The number of nitrogen functional groups attached to an aromatic ring is 1. The average molecular weight is 393 g/mol. The van der Waals surface area contributed by atoms with Crippen LogP contribution in [0.15, 0.2) is 65.2 Å². The molecule has 0 saturated heterocycles. The minimum absolute atomic E-state index is 0.0472. The Hall–Kier alpha value is -3.61. The Bertz CT molecular complexity index is 896. The molecule has 3 aromatic rings. The van der Waals surface area contributed by atoms with Gasteiger partial charge >= 0.3 is 5.97 Å². The summed E-state index contributed by atoms with van der Waals surface area (Å²) in [4.78, 5) is 24.1. The fourth-order valence-corrected chi connectivity index (χ4v) is 3.14. The maximum Gasteiger partial charge on any atom is 0.346 e. The summed E-state index contributed by atoms with van der Waals surface area (Å²) in [6.45, 7) is 1.62. The number of amides is 1. The van der Waals surface area contributed by atoms with Gasteiger partial charge in [-0.2, -0.15) is 0 Å². The first-order chi connectivity index (χ1) is 14.1. The summed E-state index contributed by atoms with van der Waals surface area (Å²) in [5.74, 6) is -1.09. The van der Waals surface area contributed by atoms with Crippen molar-refractivity contribution in [1.29, 1.82) is 0 Å². The number of carbonyl (C=O) groups is 2. The van der Waals surface area contributed by atoms with E-state index in [1.54, 1.807) is 6.92 Å². The Kier molecular flexibility index (Phi) is 6.63. The lowest BCUT2D eigenvalue weighted by atomic mass is 9.88. The van der Waals surface area contributed by atoms with E-state index in [2.05, 4.69) is 34.7 Å². The summed E-state index contributed by atoms with van der Waals surface area (Å²) in [5.41, 5.74) is 8.27. The van der Waals surface area contributed by atoms with E-state index in [1.165, 1.54) is 11.1 Å². The van der Waals surface area contributed by atoms with Crippen molar-refractivity contribution in [3.8, 4) is 0 Å². The summed E-state index contributed by atoms with van der Waals surface area (Å²) >= 11 is 0. The van der Waals surface area contributed by atoms with Crippen LogP contribution in [0.1, 0.15) is 39.5 Å². The fourth-order valence-electron chi connectivity index (χ4n) is 3.14. The summed E-state index contributed by atoms with van der Waals surface area (Å²) in [6, 6.07) is 20.3. The molecule has 2 aromatic carbocycles. The van der Waals surface area contributed by atoms with Gasteiger partial charge in [0.1, 0.15) is 5.56 Å². The Morgan fingerprint density at radius 1 is 1.07 bits per heavy atom. The topological polar surface area (TPSA) is 107 Å². The molecule has 3 rings (SSSR count). The van der Waals surface area contributed by atoms with Crippen LogP contribution in [-0.4, -0.2) is 30.2 Å². The minimum Gasteiger partial charge on any atom is -0.452 e. The van der Waals surface area contributed by atoms with Gasteiger partial charge in [0, 0.05) is 12.5 Å². The molecule has 150 valence electrons. The molecule has 1 amide bonds. The van der Waals surface area contributed by atoms with Crippen molar-refractivity contribution in [2.75, 3.05) is 18.9 Å². The smallest absolute Gasteiger partial charge is 0.346 e. The van der Waals surface area contributed by atoms with Crippen LogP contribution in [0.4, 0.5) is 5.88 Å². The van der Waals surface area contributed by atoms with Crippen LogP contribution in [0.5, 0.6) is 0 Å². The van der Waals surface area contributed by atoms with E-state index in [-0.39, 0.29) is 23.3 Å². The van der Waals surface area contributed by atoms with Crippen molar-refractivity contribution < 1.29 is 18.8 Å². The molecule has 0 radical (unpaired) electrons. The Balaban J connectivity index is 1.53. The molecule has 3 N–H and O–H groups in total. The van der Waals surface area contributed by atoms with Crippen molar-refractivity contribution in [3.63, 3.8) is 0 Å². The number of carbonyl (C=O) groups excluding carboxylic acids is 2. The van der Waals surface area contributed by atoms with Crippen LogP contribution in [0.3, 0.4) is 0 Å². The number of anilines is 1. The molecule has 7 nitrogen and oxygen atoms in total. The molecule has 1 heterocycles. The van der Waals surface area contributed by atoms with Gasteiger partial charge in [0.2, 0.25) is 5.88 Å². The van der Waals surface area contributed by atoms with Crippen LogP contribution in [0, 0.1) is 6.92 Å². The zero-order valence-corrected chi connectivity index (χ0v) is 16.1. The Morgan fingerprint density at radius 3 is 2.17 bits per heavy atom. The molecule has 0 bridgehead atoms. The highest BCUT2D eigenvalue weighted by Gasteiger charge is 2.21. The monoisotopic (exact) mass is 393 g/mol. The van der Waals surface area contributed by atoms with Gasteiger partial charge in [-0.15, -0.1) is 0 Å². The number of nitrogens with two attached hydrogens (primary N) is 1. The van der Waals surface area contributed by atoms with E-state index < -0.39 is 12.6 Å². The highest BCUT2D eigenvalue weighted by atomic mass is 16.5. The average Bonchev–Trinajstić information content (AvgIpc) is 3.09. The maximum absolute atomic E-state index is 12.1. The zero-order chi connectivity index (χ0) is 20.6. The first-order valence-corrected chi connectivity index (χ1v) is 9.31. The quantitative estimate of drug-likeness (QED) is 0.570. The third kappa shape index (κ3) is 5.22. The fraction of sp³-hybridized carbons (Fsp3) is 0.227. The van der Waals surface area contributed by atoms with Gasteiger partial charge in [0.25, 0.3) is 5.91 Å². The second-order valence-corrected chi connectivity index (χ2v) is 6.60. The second kappa shape index (κ2) is 9.54. The van der Waals surface area contributed by atoms with Crippen LogP contribution in [0.2, 0.25) is 0 Å². The number of rotatable bonds is 8. The molecule has 0 spiro atoms. The third-order valence-corrected chi connectivity index (χ3v) is 4.59. The predicted octanol–water partition coefficient (Wildman–Crippen LogP) is 3.06. The van der Waals surface area contributed by atoms with Crippen molar-refractivity contribution in [3.05, 3.63) is 83.0 Å². The van der Waals surface area contributed by atoms with E-state index in [0.717, 1.165) is 0 Å². The van der Waals surface area contributed by atoms with Crippen molar-refractivity contribution in [2.24, 2.45) is 0 Å². The van der Waals surface area contributed by atoms with Crippen LogP contribution < -0.4 is 11.1 Å². The molecule has 0 unspecified atom stereocenters. The van der Waals surface area contributed by atoms with Crippen molar-refractivity contribution in [1.82, 2.24) is 10.5 Å². The molecule has 7 heteroatoms. The van der Waals surface area contributed by atoms with Crippen molar-refractivity contribution >= 4 is 17.8 Å². The zero-order valence-electron chi connectivity index (χ0n) is 16.1. The number of hydrogen-bond acceptors (Lipinski definition) is 6. The van der Waals surface area contributed by atoms with Gasteiger partial charge in [-0.3, -0.25) is 4.79 Å². The third-order valence-electron chi connectivity index (χ3n) is 4.59. The molecule has 0 saturated carbocycles. The number of nitrogens with one attached hydrogen (secondary N) is 1. The van der Waals surface area contributed by atoms with Crippen LogP contribution in [-0.2, 0) is 9.53 Å².